The highest BCUT2D eigenvalue weighted by molar-refractivity contribution is 5.77. The Morgan fingerprint density at radius 1 is 1.00 bits per heavy atom. The molecule has 28 heavy (non-hydrogen) atoms. The van der Waals surface area contributed by atoms with Gasteiger partial charge in [0.05, 0.1) is 21.1 Å². The number of carbonyl (C=O) groups excluding carboxylic acids is 1. The van der Waals surface area contributed by atoms with Crippen molar-refractivity contribution in [2.24, 2.45) is 5.73 Å². The molecule has 0 fully saturated rings. The maximum absolute atomic E-state index is 12.4. The highest BCUT2D eigenvalue weighted by Crippen LogP contribution is 2.21. The van der Waals surface area contributed by atoms with E-state index in [4.69, 9.17) is 24.4 Å². The third-order valence-corrected chi connectivity index (χ3v) is 4.70. The molecule has 1 amide bonds. The van der Waals surface area contributed by atoms with Gasteiger partial charge in [0.2, 0.25) is 5.91 Å². The predicted molar refractivity (Wildman–Crippen MR) is 100 cm³/mol. The van der Waals surface area contributed by atoms with Crippen molar-refractivity contribution in [2.75, 3.05) is 0 Å². The molecule has 0 aromatic rings. The normalized spacial score (nSPS) is 14.6. The van der Waals surface area contributed by atoms with Gasteiger partial charge in [-0.05, 0) is 26.2 Å². The molecule has 0 radical (unpaired) electrons. The van der Waals surface area contributed by atoms with E-state index >= 15 is 0 Å². The summed E-state index contributed by atoms with van der Waals surface area (Å²) in [7, 11) is -4.69. The minimum atomic E-state index is -4.69. The van der Waals surface area contributed by atoms with Gasteiger partial charge in [-0.15, -0.1) is 0 Å². The van der Waals surface area contributed by atoms with Crippen LogP contribution in [0.2, 0.25) is 0 Å². The van der Waals surface area contributed by atoms with E-state index in [1.165, 1.54) is 49.8 Å². The molecule has 8 nitrogen and oxygen atoms in total. The number of hydrogen-bond acceptors (Lipinski definition) is 7. The quantitative estimate of drug-likeness (QED) is 0.267. The molecule has 4 N–H and O–H groups in total. The van der Waals surface area contributed by atoms with Crippen LogP contribution in [0.1, 0.15) is 105 Å². The minimum Gasteiger partial charge on any atom is -0.371 e. The minimum absolute atomic E-state index is 0.0193. The Morgan fingerprint density at radius 3 is 1.75 bits per heavy atom. The molecular formula is C19H41ClN2O6. The summed E-state index contributed by atoms with van der Waals surface area (Å²) >= 11 is 0. The molecule has 0 aliphatic rings. The molecule has 2 unspecified atom stereocenters. The van der Waals surface area contributed by atoms with Gasteiger partial charge in [0.25, 0.3) is 0 Å². The first-order chi connectivity index (χ1) is 12.9. The van der Waals surface area contributed by atoms with Crippen LogP contribution in [0, 0.1) is 10.2 Å². The molecule has 0 aromatic heterocycles. The molecule has 170 valence electrons. The van der Waals surface area contributed by atoms with Crippen molar-refractivity contribution in [3.63, 3.8) is 0 Å². The Bertz CT molecular complexity index is 385. The zero-order valence-corrected chi connectivity index (χ0v) is 18.7. The maximum atomic E-state index is 12.4. The van der Waals surface area contributed by atoms with E-state index in [0.717, 1.165) is 12.8 Å². The second kappa shape index (κ2) is 16.3. The Morgan fingerprint density at radius 2 is 1.39 bits per heavy atom. The summed E-state index contributed by atoms with van der Waals surface area (Å²) in [5.74, 6) is -0.0193. The van der Waals surface area contributed by atoms with Crippen LogP contribution >= 0.6 is 0 Å². The lowest BCUT2D eigenvalue weighted by Crippen LogP contribution is -2.58. The summed E-state index contributed by atoms with van der Waals surface area (Å²) < 4.78 is 32.7. The van der Waals surface area contributed by atoms with Gasteiger partial charge in [-0.3, -0.25) is 9.69 Å². The monoisotopic (exact) mass is 428 g/mol. The van der Waals surface area contributed by atoms with Crippen LogP contribution < -0.4 is 19.7 Å². The number of nitrogens with two attached hydrogens (primary N) is 1. The predicted octanol–water partition coefficient (Wildman–Crippen LogP) is 0.425. The number of amides is 1. The zero-order valence-electron chi connectivity index (χ0n) is 18.0. The smallest absolute Gasteiger partial charge is 0.226 e. The topological polar surface area (TPSA) is 156 Å². The van der Waals surface area contributed by atoms with Crippen molar-refractivity contribution in [3.8, 4) is 0 Å². The lowest BCUT2D eigenvalue weighted by atomic mass is 10.0. The Hall–Kier alpha value is -0.480. The van der Waals surface area contributed by atoms with Crippen molar-refractivity contribution < 1.29 is 38.8 Å². The number of nitrogens with zero attached hydrogens (tertiary/aromatic N) is 1. The van der Waals surface area contributed by atoms with Gasteiger partial charge in [-0.25, -0.2) is 0 Å². The van der Waals surface area contributed by atoms with Gasteiger partial charge in [-0.1, -0.05) is 72.1 Å². The summed E-state index contributed by atoms with van der Waals surface area (Å²) in [6, 6.07) is 0. The van der Waals surface area contributed by atoms with Crippen molar-refractivity contribution in [3.05, 3.63) is 0 Å². The zero-order chi connectivity index (χ0) is 22.2. The van der Waals surface area contributed by atoms with Gasteiger partial charge >= 0.3 is 0 Å². The fourth-order valence-corrected chi connectivity index (χ4v) is 2.87. The first-order valence-corrected chi connectivity index (χ1v) is 11.6. The Kier molecular flexibility index (Phi) is 17.3. The van der Waals surface area contributed by atoms with Gasteiger partial charge in [0.15, 0.2) is 0 Å². The molecule has 0 saturated heterocycles. The van der Waals surface area contributed by atoms with Gasteiger partial charge in [0.1, 0.15) is 5.72 Å². The van der Waals surface area contributed by atoms with E-state index in [-0.39, 0.29) is 5.91 Å². The molecule has 9 heteroatoms. The number of carbonyl (C=O) groups is 1. The van der Waals surface area contributed by atoms with Gasteiger partial charge < -0.3 is 10.8 Å². The third-order valence-electron chi connectivity index (χ3n) is 4.70. The third kappa shape index (κ3) is 17.6. The molecule has 0 heterocycles. The van der Waals surface area contributed by atoms with Crippen LogP contribution in [0.25, 0.3) is 0 Å². The second-order valence-corrected chi connectivity index (χ2v) is 8.08. The van der Waals surface area contributed by atoms with Crippen LogP contribution in [0.15, 0.2) is 0 Å². The van der Waals surface area contributed by atoms with Gasteiger partial charge in [0, 0.05) is 6.42 Å². The molecular weight excluding hydrogens is 388 g/mol. The molecule has 2 atom stereocenters. The van der Waals surface area contributed by atoms with Crippen molar-refractivity contribution >= 4 is 5.91 Å². The standard InChI is InChI=1S/C19H40N2O2.ClHO4/c1-5-8-9-10-11-12-13-14-15-16-18(22)21(17(20)6-2)19(4,23)7-3;2-1(3,4)5/h17,23H,5-16,20H2,1-4H3;(H,2,3,4,5). The van der Waals surface area contributed by atoms with E-state index in [9.17, 15) is 9.90 Å². The lowest BCUT2D eigenvalue weighted by Gasteiger charge is -2.40. The summed E-state index contributed by atoms with van der Waals surface area (Å²) in [4.78, 5) is 13.9. The fraction of sp³-hybridized carbons (Fsp3) is 0.947. The van der Waals surface area contributed by atoms with Crippen LogP contribution in [-0.2, 0) is 4.79 Å². The van der Waals surface area contributed by atoms with Crippen LogP contribution in [0.4, 0.5) is 0 Å². The van der Waals surface area contributed by atoms with Crippen molar-refractivity contribution in [1.29, 1.82) is 0 Å². The maximum Gasteiger partial charge on any atom is 0.226 e. The lowest BCUT2D eigenvalue weighted by molar-refractivity contribution is -1.92. The Labute approximate surface area is 172 Å². The SMILES string of the molecule is CCCCCCCCCCCC(=O)N(C(N)CC)C(C)(O)CC.[O-][Cl+3]([O-])([O-])O. The largest absolute Gasteiger partial charge is 0.371 e. The molecule has 0 bridgehead atoms. The Balaban J connectivity index is 0. The fourth-order valence-electron chi connectivity index (χ4n) is 2.87. The van der Waals surface area contributed by atoms with Crippen LogP contribution in [0.5, 0.6) is 0 Å². The molecule has 0 aliphatic carbocycles. The molecule has 0 aromatic carbocycles. The highest BCUT2D eigenvalue weighted by atomic mass is 35.7. The van der Waals surface area contributed by atoms with E-state index in [2.05, 4.69) is 6.92 Å². The molecule has 0 spiro atoms. The summed E-state index contributed by atoms with van der Waals surface area (Å²) in [5.41, 5.74) is 4.89. The number of aliphatic hydroxyl groups is 1. The van der Waals surface area contributed by atoms with Crippen LogP contribution in [-0.4, -0.2) is 32.5 Å². The average Bonchev–Trinajstić information content (AvgIpc) is 2.58. The molecule has 0 rings (SSSR count). The number of unbranched alkanes of at least 4 members (excludes halogenated alkanes) is 8. The summed E-state index contributed by atoms with van der Waals surface area (Å²) in [6.45, 7) is 7.73. The van der Waals surface area contributed by atoms with E-state index in [1.807, 2.05) is 13.8 Å². The number of rotatable bonds is 14. The van der Waals surface area contributed by atoms with E-state index < -0.39 is 22.1 Å². The van der Waals surface area contributed by atoms with Gasteiger partial charge in [-0.2, -0.15) is 14.0 Å². The number of halogens is 1. The molecule has 0 saturated carbocycles. The second-order valence-electron chi connectivity index (χ2n) is 7.28. The van der Waals surface area contributed by atoms with Crippen molar-refractivity contribution in [1.82, 2.24) is 4.90 Å². The summed E-state index contributed by atoms with van der Waals surface area (Å²) in [6.07, 6.45) is 12.3. The average molecular weight is 429 g/mol. The summed E-state index contributed by atoms with van der Waals surface area (Å²) in [5, 5.41) is 10.4. The highest BCUT2D eigenvalue weighted by Gasteiger charge is 2.34. The van der Waals surface area contributed by atoms with E-state index in [0.29, 0.717) is 19.3 Å². The van der Waals surface area contributed by atoms with Crippen LogP contribution in [0.3, 0.4) is 0 Å². The van der Waals surface area contributed by atoms with E-state index in [1.54, 1.807) is 6.92 Å². The molecule has 0 aliphatic heterocycles. The van der Waals surface area contributed by atoms with Crippen molar-refractivity contribution in [2.45, 2.75) is 117 Å². The number of hydrogen-bond donors (Lipinski definition) is 3. The first-order valence-electron chi connectivity index (χ1n) is 10.3. The first kappa shape index (κ1) is 29.7.